The van der Waals surface area contributed by atoms with E-state index >= 15 is 0 Å². The van der Waals surface area contributed by atoms with Gasteiger partial charge in [0.05, 0.1) is 0 Å². The molecule has 1 saturated heterocycles. The van der Waals surface area contributed by atoms with Gasteiger partial charge < -0.3 is 9.64 Å². The molecule has 2 aliphatic rings. The van der Waals surface area contributed by atoms with Crippen molar-refractivity contribution in [2.24, 2.45) is 0 Å². The summed E-state index contributed by atoms with van der Waals surface area (Å²) in [5, 5.41) is 0. The second-order valence-corrected chi connectivity index (χ2v) is 6.72. The molecule has 1 saturated carbocycles. The molecule has 2 heterocycles. The second-order valence-electron chi connectivity index (χ2n) is 6.72. The lowest BCUT2D eigenvalue weighted by Gasteiger charge is -2.34. The van der Waals surface area contributed by atoms with Crippen LogP contribution in [0.25, 0.3) is 0 Å². The van der Waals surface area contributed by atoms with Crippen LogP contribution in [-0.2, 0) is 6.61 Å². The third-order valence-electron chi connectivity index (χ3n) is 4.88. The van der Waals surface area contributed by atoms with Crippen molar-refractivity contribution in [3.05, 3.63) is 59.8 Å². The van der Waals surface area contributed by atoms with Gasteiger partial charge in [-0.2, -0.15) is 0 Å². The molecule has 5 heteroatoms. The standard InChI is InChI=1S/C20H23N3O2/c24-20(23-12-10-22(11-13-23)18-6-7-18)17-8-9-21-19(14-17)25-15-16-4-2-1-3-5-16/h1-5,8-9,14,18H,6-7,10-13,15H2. The summed E-state index contributed by atoms with van der Waals surface area (Å²) < 4.78 is 5.74. The first-order valence-electron chi connectivity index (χ1n) is 8.96. The molecule has 1 amide bonds. The van der Waals surface area contributed by atoms with Gasteiger partial charge in [0.1, 0.15) is 6.61 Å². The van der Waals surface area contributed by atoms with E-state index in [0.717, 1.165) is 37.8 Å². The van der Waals surface area contributed by atoms with Crippen LogP contribution in [0.4, 0.5) is 0 Å². The van der Waals surface area contributed by atoms with E-state index in [1.54, 1.807) is 18.3 Å². The lowest BCUT2D eigenvalue weighted by Crippen LogP contribution is -2.49. The highest BCUT2D eigenvalue weighted by atomic mass is 16.5. The number of hydrogen-bond acceptors (Lipinski definition) is 4. The first kappa shape index (κ1) is 16.1. The van der Waals surface area contributed by atoms with Gasteiger partial charge in [0, 0.05) is 50.0 Å². The lowest BCUT2D eigenvalue weighted by molar-refractivity contribution is 0.0626. The third kappa shape index (κ3) is 3.99. The predicted octanol–water partition coefficient (Wildman–Crippen LogP) is 2.58. The van der Waals surface area contributed by atoms with Crippen LogP contribution >= 0.6 is 0 Å². The number of piperazine rings is 1. The Balaban J connectivity index is 1.36. The number of carbonyl (C=O) groups is 1. The van der Waals surface area contributed by atoms with Crippen LogP contribution in [-0.4, -0.2) is 52.9 Å². The van der Waals surface area contributed by atoms with Gasteiger partial charge in [-0.05, 0) is 24.5 Å². The molecule has 4 rings (SSSR count). The van der Waals surface area contributed by atoms with Crippen LogP contribution in [0, 0.1) is 0 Å². The van der Waals surface area contributed by atoms with Crippen LogP contribution in [0.15, 0.2) is 48.7 Å². The van der Waals surface area contributed by atoms with E-state index in [4.69, 9.17) is 4.74 Å². The number of carbonyl (C=O) groups excluding carboxylic acids is 1. The quantitative estimate of drug-likeness (QED) is 0.841. The SMILES string of the molecule is O=C(c1ccnc(OCc2ccccc2)c1)N1CCN(C2CC2)CC1. The fourth-order valence-corrected chi connectivity index (χ4v) is 3.27. The second kappa shape index (κ2) is 7.23. The van der Waals surface area contributed by atoms with Crippen LogP contribution in [0.5, 0.6) is 5.88 Å². The fraction of sp³-hybridized carbons (Fsp3) is 0.400. The Labute approximate surface area is 148 Å². The molecule has 0 spiro atoms. The normalized spacial score (nSPS) is 18.2. The molecule has 25 heavy (non-hydrogen) atoms. The maximum Gasteiger partial charge on any atom is 0.254 e. The Morgan fingerprint density at radius 2 is 1.84 bits per heavy atom. The van der Waals surface area contributed by atoms with E-state index in [2.05, 4.69) is 9.88 Å². The van der Waals surface area contributed by atoms with Crippen molar-refractivity contribution < 1.29 is 9.53 Å². The van der Waals surface area contributed by atoms with Crippen molar-refractivity contribution in [1.29, 1.82) is 0 Å². The smallest absolute Gasteiger partial charge is 0.254 e. The average molecular weight is 337 g/mol. The Morgan fingerprint density at radius 3 is 2.56 bits per heavy atom. The molecule has 2 fully saturated rings. The van der Waals surface area contributed by atoms with Crippen molar-refractivity contribution in [2.45, 2.75) is 25.5 Å². The van der Waals surface area contributed by atoms with Crippen LogP contribution in [0.3, 0.4) is 0 Å². The van der Waals surface area contributed by atoms with Crippen molar-refractivity contribution in [3.63, 3.8) is 0 Å². The summed E-state index contributed by atoms with van der Waals surface area (Å²) in [7, 11) is 0. The van der Waals surface area contributed by atoms with Crippen LogP contribution in [0.1, 0.15) is 28.8 Å². The van der Waals surface area contributed by atoms with Gasteiger partial charge in [0.2, 0.25) is 5.88 Å². The number of rotatable bonds is 5. The number of ether oxygens (including phenoxy) is 1. The van der Waals surface area contributed by atoms with Crippen molar-refractivity contribution in [3.8, 4) is 5.88 Å². The maximum atomic E-state index is 12.7. The summed E-state index contributed by atoms with van der Waals surface area (Å²) in [6.07, 6.45) is 4.29. The summed E-state index contributed by atoms with van der Waals surface area (Å²) in [6.45, 7) is 4.03. The topological polar surface area (TPSA) is 45.7 Å². The molecule has 0 radical (unpaired) electrons. The predicted molar refractivity (Wildman–Crippen MR) is 95.5 cm³/mol. The average Bonchev–Trinajstić information content (AvgIpc) is 3.52. The Hall–Kier alpha value is -2.40. The first-order chi connectivity index (χ1) is 12.3. The van der Waals surface area contributed by atoms with Crippen molar-refractivity contribution in [1.82, 2.24) is 14.8 Å². The zero-order chi connectivity index (χ0) is 17.1. The van der Waals surface area contributed by atoms with Gasteiger partial charge in [-0.25, -0.2) is 4.98 Å². The number of benzene rings is 1. The zero-order valence-corrected chi connectivity index (χ0v) is 14.3. The molecule has 0 N–H and O–H groups in total. The minimum absolute atomic E-state index is 0.0717. The minimum Gasteiger partial charge on any atom is -0.473 e. The number of aromatic nitrogens is 1. The van der Waals surface area contributed by atoms with Gasteiger partial charge in [0.15, 0.2) is 0 Å². The highest BCUT2D eigenvalue weighted by Crippen LogP contribution is 2.27. The summed E-state index contributed by atoms with van der Waals surface area (Å²) in [5.74, 6) is 0.564. The van der Waals surface area contributed by atoms with Crippen molar-refractivity contribution >= 4 is 5.91 Å². The van der Waals surface area contributed by atoms with E-state index < -0.39 is 0 Å². The number of pyridine rings is 1. The third-order valence-corrected chi connectivity index (χ3v) is 4.88. The van der Waals surface area contributed by atoms with Gasteiger partial charge in [0.25, 0.3) is 5.91 Å². The summed E-state index contributed by atoms with van der Waals surface area (Å²) >= 11 is 0. The Bertz CT molecular complexity index is 723. The molecule has 1 aliphatic carbocycles. The number of hydrogen-bond donors (Lipinski definition) is 0. The van der Waals surface area contributed by atoms with Crippen LogP contribution < -0.4 is 4.74 Å². The monoisotopic (exact) mass is 337 g/mol. The summed E-state index contributed by atoms with van der Waals surface area (Å²) in [4.78, 5) is 21.4. The number of amides is 1. The largest absolute Gasteiger partial charge is 0.473 e. The van der Waals surface area contributed by atoms with Crippen molar-refractivity contribution in [2.75, 3.05) is 26.2 Å². The zero-order valence-electron chi connectivity index (χ0n) is 14.3. The highest BCUT2D eigenvalue weighted by Gasteiger charge is 2.32. The van der Waals surface area contributed by atoms with Gasteiger partial charge >= 0.3 is 0 Å². The number of nitrogens with zero attached hydrogens (tertiary/aromatic N) is 3. The van der Waals surface area contributed by atoms with Gasteiger partial charge in [-0.1, -0.05) is 30.3 Å². The molecule has 130 valence electrons. The maximum absolute atomic E-state index is 12.7. The highest BCUT2D eigenvalue weighted by molar-refractivity contribution is 5.94. The fourth-order valence-electron chi connectivity index (χ4n) is 3.27. The molecule has 5 nitrogen and oxygen atoms in total. The first-order valence-corrected chi connectivity index (χ1v) is 8.96. The van der Waals surface area contributed by atoms with Gasteiger partial charge in [-0.3, -0.25) is 9.69 Å². The summed E-state index contributed by atoms with van der Waals surface area (Å²) in [5.41, 5.74) is 1.73. The summed E-state index contributed by atoms with van der Waals surface area (Å²) in [6, 6.07) is 14.2. The van der Waals surface area contributed by atoms with Crippen LogP contribution in [0.2, 0.25) is 0 Å². The van der Waals surface area contributed by atoms with Gasteiger partial charge in [-0.15, -0.1) is 0 Å². The molecule has 0 bridgehead atoms. The van der Waals surface area contributed by atoms with E-state index in [1.165, 1.54) is 12.8 Å². The molecule has 1 aromatic heterocycles. The minimum atomic E-state index is 0.0717. The molecular weight excluding hydrogens is 314 g/mol. The molecule has 0 atom stereocenters. The molecular formula is C20H23N3O2. The Morgan fingerprint density at radius 1 is 1.08 bits per heavy atom. The lowest BCUT2D eigenvalue weighted by atomic mass is 10.2. The Kier molecular flexibility index (Phi) is 4.65. The van der Waals surface area contributed by atoms with E-state index in [-0.39, 0.29) is 5.91 Å². The molecule has 1 aliphatic heterocycles. The molecule has 2 aromatic rings. The molecule has 1 aromatic carbocycles. The molecule has 0 unspecified atom stereocenters. The van der Waals surface area contributed by atoms with E-state index in [9.17, 15) is 4.79 Å². The van der Waals surface area contributed by atoms with E-state index in [0.29, 0.717) is 18.1 Å². The van der Waals surface area contributed by atoms with E-state index in [1.807, 2.05) is 35.2 Å².